The first-order valence-corrected chi connectivity index (χ1v) is 9.23. The first-order valence-electron chi connectivity index (χ1n) is 9.23. The van der Waals surface area contributed by atoms with Crippen molar-refractivity contribution in [1.29, 1.82) is 0 Å². The lowest BCUT2D eigenvalue weighted by atomic mass is 9.97. The van der Waals surface area contributed by atoms with E-state index >= 15 is 0 Å². The molecule has 1 atom stereocenters. The van der Waals surface area contributed by atoms with E-state index in [1.165, 1.54) is 0 Å². The van der Waals surface area contributed by atoms with E-state index in [-0.39, 0.29) is 5.92 Å². The minimum atomic E-state index is 0.255. The Kier molecular flexibility index (Phi) is 4.89. The summed E-state index contributed by atoms with van der Waals surface area (Å²) < 4.78 is 16.6. The topological polar surface area (TPSA) is 98.3 Å². The summed E-state index contributed by atoms with van der Waals surface area (Å²) in [4.78, 5) is 15.8. The number of aromatic amines is 1. The summed E-state index contributed by atoms with van der Waals surface area (Å²) in [6, 6.07) is 1.91. The van der Waals surface area contributed by atoms with Gasteiger partial charge in [0.2, 0.25) is 5.75 Å². The third-order valence-corrected chi connectivity index (χ3v) is 5.11. The van der Waals surface area contributed by atoms with Crippen LogP contribution in [0.3, 0.4) is 0 Å². The number of anilines is 1. The Bertz CT molecular complexity index is 989. The monoisotopic (exact) mass is 384 g/mol. The van der Waals surface area contributed by atoms with Crippen molar-refractivity contribution in [2.45, 2.75) is 25.7 Å². The summed E-state index contributed by atoms with van der Waals surface area (Å²) in [6.45, 7) is 3.61. The van der Waals surface area contributed by atoms with Crippen LogP contribution in [0.2, 0.25) is 0 Å². The summed E-state index contributed by atoms with van der Waals surface area (Å²) in [5, 5.41) is 8.16. The van der Waals surface area contributed by atoms with Crippen LogP contribution in [-0.4, -0.2) is 59.6 Å². The zero-order valence-electron chi connectivity index (χ0n) is 16.5. The highest BCUT2D eigenvalue weighted by atomic mass is 16.5. The van der Waals surface area contributed by atoms with Crippen molar-refractivity contribution in [3.05, 3.63) is 24.0 Å². The number of rotatable bonds is 5. The van der Waals surface area contributed by atoms with E-state index < -0.39 is 0 Å². The number of H-pyrrole nitrogens is 1. The number of aryl methyl sites for hydroxylation is 1. The molecule has 148 valence electrons. The molecule has 0 radical (unpaired) electrons. The number of hydrogen-bond acceptors (Lipinski definition) is 8. The summed E-state index contributed by atoms with van der Waals surface area (Å²) in [5.41, 5.74) is 0.695. The average Bonchev–Trinajstić information content (AvgIpc) is 3.18. The van der Waals surface area contributed by atoms with Crippen molar-refractivity contribution in [3.8, 4) is 17.2 Å². The van der Waals surface area contributed by atoms with Crippen molar-refractivity contribution in [2.75, 3.05) is 39.3 Å². The van der Waals surface area contributed by atoms with Crippen LogP contribution in [0.15, 0.2) is 12.4 Å². The van der Waals surface area contributed by atoms with Crippen molar-refractivity contribution >= 4 is 16.7 Å². The fraction of sp³-hybridized carbons (Fsp3) is 0.474. The van der Waals surface area contributed by atoms with Crippen LogP contribution in [0, 0.1) is 6.92 Å². The molecule has 4 rings (SSSR count). The first kappa shape index (κ1) is 18.3. The summed E-state index contributed by atoms with van der Waals surface area (Å²) >= 11 is 0. The van der Waals surface area contributed by atoms with Crippen LogP contribution in [-0.2, 0) is 0 Å². The zero-order chi connectivity index (χ0) is 19.7. The molecule has 1 aliphatic rings. The smallest absolute Gasteiger partial charge is 0.205 e. The van der Waals surface area contributed by atoms with Crippen LogP contribution >= 0.6 is 0 Å². The molecule has 1 fully saturated rings. The Hall–Kier alpha value is -3.10. The third-order valence-electron chi connectivity index (χ3n) is 5.11. The maximum atomic E-state index is 5.59. The number of nitrogens with one attached hydrogen (secondary N) is 1. The molecule has 9 heteroatoms. The molecule has 1 N–H and O–H groups in total. The van der Waals surface area contributed by atoms with Gasteiger partial charge in [-0.3, -0.25) is 5.10 Å². The molecule has 0 saturated carbocycles. The van der Waals surface area contributed by atoms with Gasteiger partial charge in [0.05, 0.1) is 26.7 Å². The van der Waals surface area contributed by atoms with Gasteiger partial charge < -0.3 is 19.1 Å². The molecule has 2 aromatic heterocycles. The molecule has 3 heterocycles. The number of ether oxygens (including phenoxy) is 3. The van der Waals surface area contributed by atoms with Crippen molar-refractivity contribution in [3.63, 3.8) is 0 Å². The molecule has 28 heavy (non-hydrogen) atoms. The number of aromatic nitrogens is 5. The van der Waals surface area contributed by atoms with Gasteiger partial charge in [-0.15, -0.1) is 0 Å². The Morgan fingerprint density at radius 2 is 1.93 bits per heavy atom. The van der Waals surface area contributed by atoms with Gasteiger partial charge in [0.25, 0.3) is 0 Å². The molecule has 9 nitrogen and oxygen atoms in total. The van der Waals surface area contributed by atoms with Crippen molar-refractivity contribution in [1.82, 2.24) is 25.1 Å². The standard InChI is InChI=1S/C19H24N6O3/c1-11-22-18(24-23-11)12-6-5-7-25(9-12)19-13-8-14(26-2)16(27-3)17(28-4)15(13)20-10-21-19/h8,10,12H,5-7,9H2,1-4H3,(H,22,23,24). The van der Waals surface area contributed by atoms with Crippen molar-refractivity contribution < 1.29 is 14.2 Å². The highest BCUT2D eigenvalue weighted by molar-refractivity contribution is 5.97. The highest BCUT2D eigenvalue weighted by Gasteiger charge is 2.28. The van der Waals surface area contributed by atoms with Gasteiger partial charge in [0.1, 0.15) is 23.5 Å². The number of nitrogens with zero attached hydrogens (tertiary/aromatic N) is 5. The molecule has 1 saturated heterocycles. The number of methoxy groups -OCH3 is 3. The number of fused-ring (bicyclic) bond motifs is 1. The average molecular weight is 384 g/mol. The highest BCUT2D eigenvalue weighted by Crippen LogP contribution is 2.44. The second-order valence-electron chi connectivity index (χ2n) is 6.80. The minimum Gasteiger partial charge on any atom is -0.493 e. The van der Waals surface area contributed by atoms with E-state index in [2.05, 4.69) is 30.0 Å². The Labute approximate surface area is 163 Å². The van der Waals surface area contributed by atoms with Gasteiger partial charge in [0.15, 0.2) is 17.3 Å². The first-order chi connectivity index (χ1) is 13.7. The van der Waals surface area contributed by atoms with E-state index in [1.54, 1.807) is 27.7 Å². The fourth-order valence-corrected chi connectivity index (χ4v) is 3.83. The predicted octanol–water partition coefficient (Wildman–Crippen LogP) is 2.47. The lowest BCUT2D eigenvalue weighted by Gasteiger charge is -2.33. The van der Waals surface area contributed by atoms with Gasteiger partial charge >= 0.3 is 0 Å². The maximum absolute atomic E-state index is 5.59. The normalized spacial score (nSPS) is 17.0. The van der Waals surface area contributed by atoms with E-state index in [0.717, 1.165) is 48.8 Å². The summed E-state index contributed by atoms with van der Waals surface area (Å²) in [7, 11) is 4.79. The van der Waals surface area contributed by atoms with Crippen LogP contribution in [0.1, 0.15) is 30.4 Å². The molecule has 0 spiro atoms. The van der Waals surface area contributed by atoms with E-state index in [1.807, 2.05) is 13.0 Å². The zero-order valence-corrected chi connectivity index (χ0v) is 16.5. The summed E-state index contributed by atoms with van der Waals surface area (Å²) in [6.07, 6.45) is 3.65. The fourth-order valence-electron chi connectivity index (χ4n) is 3.83. The molecular formula is C19H24N6O3. The van der Waals surface area contributed by atoms with E-state index in [9.17, 15) is 0 Å². The molecule has 1 aliphatic heterocycles. The van der Waals surface area contributed by atoms with Crippen LogP contribution in [0.4, 0.5) is 5.82 Å². The van der Waals surface area contributed by atoms with E-state index in [0.29, 0.717) is 22.8 Å². The lowest BCUT2D eigenvalue weighted by molar-refractivity contribution is 0.327. The molecule has 1 unspecified atom stereocenters. The molecule has 0 amide bonds. The van der Waals surface area contributed by atoms with Gasteiger partial charge in [-0.05, 0) is 25.8 Å². The van der Waals surface area contributed by atoms with Crippen LogP contribution in [0.25, 0.3) is 10.9 Å². The maximum Gasteiger partial charge on any atom is 0.205 e. The predicted molar refractivity (Wildman–Crippen MR) is 105 cm³/mol. The number of piperidine rings is 1. The Morgan fingerprint density at radius 3 is 2.61 bits per heavy atom. The lowest BCUT2D eigenvalue weighted by Crippen LogP contribution is -2.35. The minimum absolute atomic E-state index is 0.255. The molecule has 1 aromatic carbocycles. The Morgan fingerprint density at radius 1 is 1.11 bits per heavy atom. The molecule has 0 aliphatic carbocycles. The molecule has 3 aromatic rings. The third kappa shape index (κ3) is 3.06. The van der Waals surface area contributed by atoms with Crippen LogP contribution < -0.4 is 19.1 Å². The second kappa shape index (κ2) is 7.49. The Balaban J connectivity index is 1.78. The van der Waals surface area contributed by atoms with Gasteiger partial charge in [-0.2, -0.15) is 5.10 Å². The number of hydrogen-bond donors (Lipinski definition) is 1. The second-order valence-corrected chi connectivity index (χ2v) is 6.80. The van der Waals surface area contributed by atoms with Gasteiger partial charge in [0, 0.05) is 19.0 Å². The quantitative estimate of drug-likeness (QED) is 0.716. The molecule has 0 bridgehead atoms. The summed E-state index contributed by atoms with van der Waals surface area (Å²) in [5.74, 6) is 4.44. The van der Waals surface area contributed by atoms with Gasteiger partial charge in [-0.1, -0.05) is 0 Å². The SMILES string of the molecule is COc1cc2c(N3CCCC(c4n[nH]c(C)n4)C3)ncnc2c(OC)c1OC. The van der Waals surface area contributed by atoms with Crippen molar-refractivity contribution in [2.24, 2.45) is 0 Å². The van der Waals surface area contributed by atoms with Gasteiger partial charge in [-0.25, -0.2) is 15.0 Å². The number of benzene rings is 1. The van der Waals surface area contributed by atoms with E-state index in [4.69, 9.17) is 14.2 Å². The molecular weight excluding hydrogens is 360 g/mol. The van der Waals surface area contributed by atoms with Crippen LogP contribution in [0.5, 0.6) is 17.2 Å². The largest absolute Gasteiger partial charge is 0.493 e.